The number of phenolic OH excluding ortho intramolecular Hbond substituents is 3. The molecule has 0 fully saturated rings. The molecular weight excluding hydrogens is 272 g/mol. The van der Waals surface area contributed by atoms with E-state index < -0.39 is 23.2 Å². The van der Waals surface area contributed by atoms with Gasteiger partial charge < -0.3 is 20.1 Å². The van der Waals surface area contributed by atoms with E-state index in [0.717, 1.165) is 25.0 Å². The second-order valence-corrected chi connectivity index (χ2v) is 5.42. The smallest absolute Gasteiger partial charge is 0.338 e. The Bertz CT molecular complexity index is 447. The van der Waals surface area contributed by atoms with Crippen LogP contribution in [0.15, 0.2) is 12.1 Å². The predicted molar refractivity (Wildman–Crippen MR) is 79.6 cm³/mol. The maximum atomic E-state index is 11.8. The average Bonchev–Trinajstić information content (AvgIpc) is 2.46. The molecule has 0 amide bonds. The second-order valence-electron chi connectivity index (χ2n) is 5.42. The van der Waals surface area contributed by atoms with Crippen LogP contribution in [-0.2, 0) is 4.74 Å². The molecule has 3 N–H and O–H groups in total. The quantitative estimate of drug-likeness (QED) is 0.388. The Labute approximate surface area is 125 Å². The fourth-order valence-electron chi connectivity index (χ4n) is 2.03. The molecule has 1 unspecified atom stereocenters. The van der Waals surface area contributed by atoms with Crippen molar-refractivity contribution < 1.29 is 24.9 Å². The molecule has 5 nitrogen and oxygen atoms in total. The zero-order chi connectivity index (χ0) is 15.8. The fourth-order valence-corrected chi connectivity index (χ4v) is 2.03. The number of carbonyl (C=O) groups is 1. The summed E-state index contributed by atoms with van der Waals surface area (Å²) in [5.41, 5.74) is 0.0148. The number of hydrogen-bond donors (Lipinski definition) is 3. The van der Waals surface area contributed by atoms with E-state index >= 15 is 0 Å². The third kappa shape index (κ3) is 5.53. The lowest BCUT2D eigenvalue weighted by molar-refractivity contribution is 0.0441. The van der Waals surface area contributed by atoms with Crippen LogP contribution in [0.5, 0.6) is 17.2 Å². The van der Waals surface area contributed by atoms with Gasteiger partial charge in [0.15, 0.2) is 17.2 Å². The molecule has 21 heavy (non-hydrogen) atoms. The molecule has 0 radical (unpaired) electrons. The van der Waals surface area contributed by atoms with Gasteiger partial charge >= 0.3 is 5.97 Å². The third-order valence-corrected chi connectivity index (χ3v) is 3.35. The topological polar surface area (TPSA) is 87.0 Å². The molecule has 0 aliphatic rings. The highest BCUT2D eigenvalue weighted by molar-refractivity contribution is 5.91. The van der Waals surface area contributed by atoms with E-state index in [1.165, 1.54) is 19.3 Å². The monoisotopic (exact) mass is 296 g/mol. The highest BCUT2D eigenvalue weighted by atomic mass is 16.5. The zero-order valence-electron chi connectivity index (χ0n) is 12.6. The standard InChI is InChI=1S/C16H24O5/c1-3-4-5-6-7-11(2)10-21-16(20)12-8-13(17)15(19)14(18)9-12/h8-9,11,17-19H,3-7,10H2,1-2H3. The Kier molecular flexibility index (Phi) is 6.85. The van der Waals surface area contributed by atoms with E-state index in [9.17, 15) is 20.1 Å². The van der Waals surface area contributed by atoms with Gasteiger partial charge in [-0.2, -0.15) is 0 Å². The van der Waals surface area contributed by atoms with E-state index in [1.54, 1.807) is 0 Å². The number of esters is 1. The molecular formula is C16H24O5. The first-order valence-corrected chi connectivity index (χ1v) is 7.37. The van der Waals surface area contributed by atoms with Crippen molar-refractivity contribution in [1.29, 1.82) is 0 Å². The average molecular weight is 296 g/mol. The SMILES string of the molecule is CCCCCCC(C)COC(=O)c1cc(O)c(O)c(O)c1. The van der Waals surface area contributed by atoms with Gasteiger partial charge in [-0.05, 0) is 24.5 Å². The van der Waals surface area contributed by atoms with Gasteiger partial charge in [0.1, 0.15) is 0 Å². The van der Waals surface area contributed by atoms with Crippen molar-refractivity contribution in [3.63, 3.8) is 0 Å². The summed E-state index contributed by atoms with van der Waals surface area (Å²) in [6, 6.07) is 2.15. The lowest BCUT2D eigenvalue weighted by Crippen LogP contribution is -2.12. The fraction of sp³-hybridized carbons (Fsp3) is 0.562. The predicted octanol–water partition coefficient (Wildman–Crippen LogP) is 3.57. The molecule has 1 aromatic carbocycles. The molecule has 5 heteroatoms. The van der Waals surface area contributed by atoms with Crippen LogP contribution in [0.2, 0.25) is 0 Å². The minimum atomic E-state index is -0.643. The summed E-state index contributed by atoms with van der Waals surface area (Å²) in [5, 5.41) is 27.9. The lowest BCUT2D eigenvalue weighted by atomic mass is 10.0. The number of aromatic hydroxyl groups is 3. The van der Waals surface area contributed by atoms with Crippen molar-refractivity contribution in [2.24, 2.45) is 5.92 Å². The van der Waals surface area contributed by atoms with Gasteiger partial charge in [0.05, 0.1) is 12.2 Å². The molecule has 0 aliphatic carbocycles. The van der Waals surface area contributed by atoms with Crippen molar-refractivity contribution in [1.82, 2.24) is 0 Å². The molecule has 0 spiro atoms. The number of unbranched alkanes of at least 4 members (excludes halogenated alkanes) is 3. The molecule has 1 rings (SSSR count). The Hall–Kier alpha value is -1.91. The third-order valence-electron chi connectivity index (χ3n) is 3.35. The molecule has 0 heterocycles. The maximum absolute atomic E-state index is 11.8. The van der Waals surface area contributed by atoms with E-state index in [2.05, 4.69) is 6.92 Å². The van der Waals surface area contributed by atoms with Crippen LogP contribution in [0.4, 0.5) is 0 Å². The van der Waals surface area contributed by atoms with E-state index in [0.29, 0.717) is 6.61 Å². The Morgan fingerprint density at radius 1 is 1.14 bits per heavy atom. The van der Waals surface area contributed by atoms with Crippen molar-refractivity contribution in [3.05, 3.63) is 17.7 Å². The number of carbonyl (C=O) groups excluding carboxylic acids is 1. The van der Waals surface area contributed by atoms with Gasteiger partial charge in [0.2, 0.25) is 0 Å². The highest BCUT2D eigenvalue weighted by Crippen LogP contribution is 2.35. The summed E-state index contributed by atoms with van der Waals surface area (Å²) in [7, 11) is 0. The van der Waals surface area contributed by atoms with Crippen molar-refractivity contribution in [2.45, 2.75) is 46.0 Å². The Morgan fingerprint density at radius 3 is 2.33 bits per heavy atom. The van der Waals surface area contributed by atoms with Crippen LogP contribution >= 0.6 is 0 Å². The minimum Gasteiger partial charge on any atom is -0.504 e. The van der Waals surface area contributed by atoms with Gasteiger partial charge in [-0.1, -0.05) is 39.5 Å². The normalized spacial score (nSPS) is 12.1. The Balaban J connectivity index is 2.43. The van der Waals surface area contributed by atoms with Crippen LogP contribution < -0.4 is 0 Å². The highest BCUT2D eigenvalue weighted by Gasteiger charge is 2.15. The summed E-state index contributed by atoms with van der Waals surface area (Å²) in [6.45, 7) is 4.48. The summed E-state index contributed by atoms with van der Waals surface area (Å²) in [4.78, 5) is 11.8. The molecule has 0 saturated heterocycles. The van der Waals surface area contributed by atoms with E-state index in [4.69, 9.17) is 4.74 Å². The van der Waals surface area contributed by atoms with Crippen molar-refractivity contribution in [2.75, 3.05) is 6.61 Å². The first-order chi connectivity index (χ1) is 9.95. The maximum Gasteiger partial charge on any atom is 0.338 e. The first kappa shape index (κ1) is 17.1. The number of benzene rings is 1. The van der Waals surface area contributed by atoms with Crippen LogP contribution in [0, 0.1) is 5.92 Å². The molecule has 1 atom stereocenters. The van der Waals surface area contributed by atoms with Crippen LogP contribution in [0.25, 0.3) is 0 Å². The summed E-state index contributed by atoms with van der Waals surface area (Å²) in [5.74, 6) is -2.09. The largest absolute Gasteiger partial charge is 0.504 e. The van der Waals surface area contributed by atoms with Gasteiger partial charge in [0, 0.05) is 0 Å². The molecule has 1 aromatic rings. The van der Waals surface area contributed by atoms with E-state index in [-0.39, 0.29) is 11.5 Å². The number of hydrogen-bond acceptors (Lipinski definition) is 5. The summed E-state index contributed by atoms with van der Waals surface area (Å²) >= 11 is 0. The number of phenols is 3. The van der Waals surface area contributed by atoms with Crippen LogP contribution in [0.3, 0.4) is 0 Å². The van der Waals surface area contributed by atoms with Crippen LogP contribution in [-0.4, -0.2) is 27.9 Å². The summed E-state index contributed by atoms with van der Waals surface area (Å²) in [6.07, 6.45) is 5.72. The minimum absolute atomic E-state index is 0.0148. The zero-order valence-corrected chi connectivity index (χ0v) is 12.6. The first-order valence-electron chi connectivity index (χ1n) is 7.37. The molecule has 0 bridgehead atoms. The number of ether oxygens (including phenoxy) is 1. The lowest BCUT2D eigenvalue weighted by Gasteiger charge is -2.12. The number of rotatable bonds is 8. The van der Waals surface area contributed by atoms with Crippen molar-refractivity contribution >= 4 is 5.97 Å². The molecule has 0 aliphatic heterocycles. The molecule has 118 valence electrons. The van der Waals surface area contributed by atoms with Gasteiger partial charge in [-0.15, -0.1) is 0 Å². The summed E-state index contributed by atoms with van der Waals surface area (Å²) < 4.78 is 5.15. The second kappa shape index (κ2) is 8.39. The van der Waals surface area contributed by atoms with Gasteiger partial charge in [-0.25, -0.2) is 4.79 Å². The van der Waals surface area contributed by atoms with Crippen LogP contribution in [0.1, 0.15) is 56.3 Å². The van der Waals surface area contributed by atoms with E-state index in [1.807, 2.05) is 6.92 Å². The Morgan fingerprint density at radius 2 is 1.76 bits per heavy atom. The van der Waals surface area contributed by atoms with Gasteiger partial charge in [0.25, 0.3) is 0 Å². The molecule has 0 aromatic heterocycles. The van der Waals surface area contributed by atoms with Crippen molar-refractivity contribution in [3.8, 4) is 17.2 Å². The van der Waals surface area contributed by atoms with Gasteiger partial charge in [-0.3, -0.25) is 0 Å². The molecule has 0 saturated carbocycles.